The number of nitrogens with one attached hydrogen (secondary N) is 4. The van der Waals surface area contributed by atoms with E-state index in [0.29, 0.717) is 24.5 Å². The summed E-state index contributed by atoms with van der Waals surface area (Å²) in [5.41, 5.74) is 7.59. The number of aliphatic hydroxyl groups is 2. The minimum atomic E-state index is -0.839. The standard InChI is InChI=1S/C50H65N9O8/c1-26(2)42(55-48(64)66-8)46(62)57-24-32(60)22-40(57)44-51-34-16-10-28(20-36(34)53-44)38-18-19-39(59(38)31-14-12-30(13-15-31)50(5,6)7)29-11-17-35-37(21-29)54-45(52-35)41-23-33(61)25-58(41)47(63)43(27(3)4)56-49(65)67-9/h10-17,20-21,26-27,32-33,38-43,60-61H,18-19,22-25H2,1-9H3,(H,51,53)(H,52,54)(H,55,64)(H,56,65)/t32-,33-,38+,39+,40-,41-,42-,43-/m0/s1. The molecule has 2 aromatic heterocycles. The van der Waals surface area contributed by atoms with Gasteiger partial charge in [-0.25, -0.2) is 19.6 Å². The van der Waals surface area contributed by atoms with Gasteiger partial charge in [0.25, 0.3) is 0 Å². The molecule has 3 aliphatic heterocycles. The summed E-state index contributed by atoms with van der Waals surface area (Å²) < 4.78 is 9.60. The monoisotopic (exact) mass is 919 g/mol. The summed E-state index contributed by atoms with van der Waals surface area (Å²) in [6.45, 7) is 14.3. The number of benzene rings is 3. The Morgan fingerprint density at radius 3 is 1.63 bits per heavy atom. The summed E-state index contributed by atoms with van der Waals surface area (Å²) >= 11 is 0. The molecule has 358 valence electrons. The molecule has 67 heavy (non-hydrogen) atoms. The first-order chi connectivity index (χ1) is 31.8. The van der Waals surface area contributed by atoms with E-state index in [1.165, 1.54) is 19.8 Å². The number of β-amino-alcohol motifs (C(OH)–C–C–N with tert-alkyl or cyclic N) is 2. The SMILES string of the molecule is COC(=O)N[C@H](C(=O)N1C[C@@H](O)C[C@H]1c1nc2cc([C@H]3CC[C@H](c4ccc5nc([C@@H]6C[C@H](O)CN6C(=O)[C@@H](NC(=O)OC)C(C)C)[nH]c5c4)N3c3ccc(C(C)(C)C)cc3)ccc2[nH]1)C(C)C. The summed E-state index contributed by atoms with van der Waals surface area (Å²) in [5.74, 6) is 0.0821. The number of amides is 4. The Bertz CT molecular complexity index is 2470. The van der Waals surface area contributed by atoms with E-state index >= 15 is 0 Å². The van der Waals surface area contributed by atoms with E-state index in [-0.39, 0.29) is 54.2 Å². The van der Waals surface area contributed by atoms with Crippen molar-refractivity contribution in [2.24, 2.45) is 11.8 Å². The molecule has 3 aromatic carbocycles. The minimum Gasteiger partial charge on any atom is -0.453 e. The largest absolute Gasteiger partial charge is 0.453 e. The van der Waals surface area contributed by atoms with E-state index in [1.54, 1.807) is 9.80 Å². The number of hydrogen-bond acceptors (Lipinski definition) is 11. The Kier molecular flexibility index (Phi) is 13.3. The number of aromatic amines is 2. The lowest BCUT2D eigenvalue weighted by atomic mass is 9.87. The zero-order chi connectivity index (χ0) is 48.1. The van der Waals surface area contributed by atoms with Gasteiger partial charge >= 0.3 is 12.2 Å². The molecule has 6 N–H and O–H groups in total. The van der Waals surface area contributed by atoms with E-state index in [1.807, 2.05) is 39.8 Å². The first-order valence-corrected chi connectivity index (χ1v) is 23.4. The Morgan fingerprint density at radius 1 is 0.657 bits per heavy atom. The second-order valence-electron chi connectivity index (χ2n) is 20.1. The number of carbonyl (C=O) groups excluding carboxylic acids is 4. The van der Waals surface area contributed by atoms with E-state index in [9.17, 15) is 29.4 Å². The second kappa shape index (κ2) is 18.8. The van der Waals surface area contributed by atoms with Crippen LogP contribution in [0.2, 0.25) is 0 Å². The maximum atomic E-state index is 13.9. The van der Waals surface area contributed by atoms with Gasteiger partial charge in [-0.15, -0.1) is 0 Å². The maximum Gasteiger partial charge on any atom is 0.407 e. The van der Waals surface area contributed by atoms with Crippen LogP contribution in [-0.2, 0) is 24.5 Å². The summed E-state index contributed by atoms with van der Waals surface area (Å²) in [6, 6.07) is 18.6. The third kappa shape index (κ3) is 9.53. The van der Waals surface area contributed by atoms with Crippen LogP contribution in [0.3, 0.4) is 0 Å². The predicted molar refractivity (Wildman–Crippen MR) is 253 cm³/mol. The van der Waals surface area contributed by atoms with Crippen LogP contribution in [0, 0.1) is 11.8 Å². The fraction of sp³-hybridized carbons (Fsp3) is 0.520. The highest BCUT2D eigenvalue weighted by Gasteiger charge is 2.43. The first kappa shape index (κ1) is 47.3. The van der Waals surface area contributed by atoms with Gasteiger partial charge in [0, 0.05) is 31.6 Å². The first-order valence-electron chi connectivity index (χ1n) is 23.4. The van der Waals surface area contributed by atoms with Gasteiger partial charge in [-0.1, -0.05) is 72.7 Å². The number of carbonyl (C=O) groups is 4. The Balaban J connectivity index is 1.10. The molecule has 5 heterocycles. The number of hydrogen-bond donors (Lipinski definition) is 6. The molecule has 4 amide bonds. The fourth-order valence-electron chi connectivity index (χ4n) is 10.2. The number of aliphatic hydroxyl groups excluding tert-OH is 2. The number of rotatable bonds is 11. The topological polar surface area (TPSA) is 218 Å². The Morgan fingerprint density at radius 2 is 1.13 bits per heavy atom. The number of anilines is 1. The van der Waals surface area contributed by atoms with Crippen LogP contribution in [-0.4, -0.2) is 116 Å². The molecule has 0 spiro atoms. The van der Waals surface area contributed by atoms with Crippen molar-refractivity contribution in [2.45, 2.75) is 128 Å². The molecule has 17 heteroatoms. The predicted octanol–water partition coefficient (Wildman–Crippen LogP) is 6.85. The van der Waals surface area contributed by atoms with Crippen molar-refractivity contribution in [3.63, 3.8) is 0 Å². The maximum absolute atomic E-state index is 13.9. The molecule has 3 saturated heterocycles. The summed E-state index contributed by atoms with van der Waals surface area (Å²) in [5, 5.41) is 27.0. The third-order valence-electron chi connectivity index (χ3n) is 13.8. The molecule has 5 aromatic rings. The zero-order valence-electron chi connectivity index (χ0n) is 39.9. The van der Waals surface area contributed by atoms with E-state index in [2.05, 4.69) is 94.8 Å². The lowest BCUT2D eigenvalue weighted by molar-refractivity contribution is -0.136. The number of methoxy groups -OCH3 is 2. The van der Waals surface area contributed by atoms with Crippen LogP contribution >= 0.6 is 0 Å². The average molecular weight is 920 g/mol. The van der Waals surface area contributed by atoms with Gasteiger partial charge in [0.2, 0.25) is 11.8 Å². The quantitative estimate of drug-likeness (QED) is 0.0805. The molecule has 17 nitrogen and oxygen atoms in total. The van der Waals surface area contributed by atoms with Crippen LogP contribution in [0.5, 0.6) is 0 Å². The van der Waals surface area contributed by atoms with Gasteiger partial charge in [0.15, 0.2) is 0 Å². The molecule has 3 fully saturated rings. The van der Waals surface area contributed by atoms with Crippen LogP contribution in [0.1, 0.15) is 127 Å². The lowest BCUT2D eigenvalue weighted by Crippen LogP contribution is -2.51. The smallest absolute Gasteiger partial charge is 0.407 e. The molecule has 0 radical (unpaired) electrons. The second-order valence-corrected chi connectivity index (χ2v) is 20.1. The molecule has 8 rings (SSSR count). The van der Waals surface area contributed by atoms with Crippen LogP contribution in [0.15, 0.2) is 60.7 Å². The van der Waals surface area contributed by atoms with E-state index in [4.69, 9.17) is 19.4 Å². The molecular formula is C50H65N9O8. The van der Waals surface area contributed by atoms with E-state index < -0.39 is 48.6 Å². The summed E-state index contributed by atoms with van der Waals surface area (Å²) in [6.07, 6.45) is -0.571. The Labute approximate surface area is 391 Å². The van der Waals surface area contributed by atoms with Gasteiger partial charge in [-0.3, -0.25) is 9.59 Å². The number of H-pyrrole nitrogens is 2. The van der Waals surface area contributed by atoms with Crippen molar-refractivity contribution in [3.05, 3.63) is 89.0 Å². The van der Waals surface area contributed by atoms with Crippen molar-refractivity contribution < 1.29 is 38.9 Å². The molecule has 0 bridgehead atoms. The minimum absolute atomic E-state index is 0.0123. The number of imidazole rings is 2. The molecule has 0 saturated carbocycles. The van der Waals surface area contributed by atoms with Gasteiger partial charge in [0.05, 0.1) is 72.7 Å². The van der Waals surface area contributed by atoms with Gasteiger partial charge in [0.1, 0.15) is 23.7 Å². The normalized spacial score (nSPS) is 23.1. The number of fused-ring (bicyclic) bond motifs is 2. The van der Waals surface area contributed by atoms with Crippen molar-refractivity contribution in [2.75, 3.05) is 32.2 Å². The number of alkyl carbamates (subject to hydrolysis) is 2. The van der Waals surface area contributed by atoms with E-state index in [0.717, 1.165) is 51.7 Å². The average Bonchev–Trinajstić information content (AvgIpc) is 4.15. The van der Waals surface area contributed by atoms with Gasteiger partial charge in [-0.05, 0) is 83.2 Å². The number of likely N-dealkylation sites (tertiary alicyclic amines) is 2. The highest BCUT2D eigenvalue weighted by atomic mass is 16.5. The van der Waals surface area contributed by atoms with Crippen molar-refractivity contribution in [3.8, 4) is 0 Å². The molecule has 0 unspecified atom stereocenters. The van der Waals surface area contributed by atoms with Crippen molar-refractivity contribution in [1.29, 1.82) is 0 Å². The molecular weight excluding hydrogens is 855 g/mol. The van der Waals surface area contributed by atoms with Gasteiger partial charge < -0.3 is 55.0 Å². The van der Waals surface area contributed by atoms with Crippen LogP contribution in [0.25, 0.3) is 22.1 Å². The fourth-order valence-corrected chi connectivity index (χ4v) is 10.2. The highest BCUT2D eigenvalue weighted by molar-refractivity contribution is 5.88. The lowest BCUT2D eigenvalue weighted by Gasteiger charge is -2.34. The number of nitrogens with zero attached hydrogens (tertiary/aromatic N) is 5. The molecule has 3 aliphatic rings. The van der Waals surface area contributed by atoms with Crippen molar-refractivity contribution in [1.82, 2.24) is 40.4 Å². The highest BCUT2D eigenvalue weighted by Crippen LogP contribution is 2.48. The zero-order valence-corrected chi connectivity index (χ0v) is 39.9. The number of aromatic nitrogens is 4. The summed E-state index contributed by atoms with van der Waals surface area (Å²) in [4.78, 5) is 74.8. The number of ether oxygens (including phenoxy) is 2. The van der Waals surface area contributed by atoms with Crippen molar-refractivity contribution >= 4 is 51.8 Å². The van der Waals surface area contributed by atoms with Gasteiger partial charge in [-0.2, -0.15) is 0 Å². The summed E-state index contributed by atoms with van der Waals surface area (Å²) in [7, 11) is 2.52. The molecule has 0 aliphatic carbocycles. The van der Waals surface area contributed by atoms with Crippen LogP contribution in [0.4, 0.5) is 15.3 Å². The third-order valence-corrected chi connectivity index (χ3v) is 13.8. The molecule has 8 atom stereocenters. The Hall–Kier alpha value is -6.20. The van der Waals surface area contributed by atoms with Crippen LogP contribution < -0.4 is 15.5 Å².